The minimum Gasteiger partial charge on any atom is -0.267 e. The highest BCUT2D eigenvalue weighted by Crippen LogP contribution is 1.93. The largest absolute Gasteiger partial charge is 0.270 e. The maximum Gasteiger partial charge on any atom is 0.270 e. The summed E-state index contributed by atoms with van der Waals surface area (Å²) in [6.45, 7) is 0. The van der Waals surface area contributed by atoms with Crippen LogP contribution in [-0.4, -0.2) is 10.9 Å². The first-order valence-corrected chi connectivity index (χ1v) is 5.49. The molecule has 1 aliphatic rings. The maximum absolute atomic E-state index is 11.2. The lowest BCUT2D eigenvalue weighted by Gasteiger charge is -1.90. The molecule has 3 nitrogen and oxygen atoms in total. The first-order chi connectivity index (χ1) is 8.83. The summed E-state index contributed by atoms with van der Waals surface area (Å²) in [6, 6.07) is 11.1. The number of aromatic nitrogens is 1. The number of fused-ring (bicyclic) bond motifs is 1. The van der Waals surface area contributed by atoms with Crippen molar-refractivity contribution in [3.8, 4) is 11.8 Å². The third-order valence-corrected chi connectivity index (χ3v) is 2.57. The molecule has 0 aliphatic carbocycles. The first-order valence-electron chi connectivity index (χ1n) is 5.49. The van der Waals surface area contributed by atoms with Gasteiger partial charge < -0.3 is 0 Å². The molecule has 2 aromatic rings. The van der Waals surface area contributed by atoms with Crippen LogP contribution in [0.3, 0.4) is 0 Å². The van der Waals surface area contributed by atoms with Gasteiger partial charge in [-0.15, -0.1) is 0 Å². The average molecular weight is 232 g/mol. The van der Waals surface area contributed by atoms with Crippen LogP contribution in [0.25, 0.3) is 6.08 Å². The number of nitrogens with zero attached hydrogens (tertiary/aromatic N) is 2. The van der Waals surface area contributed by atoms with Crippen molar-refractivity contribution in [3.05, 3.63) is 64.4 Å². The van der Waals surface area contributed by atoms with Crippen LogP contribution in [0, 0.1) is 11.8 Å². The predicted molar refractivity (Wildman–Crippen MR) is 66.9 cm³/mol. The van der Waals surface area contributed by atoms with Crippen molar-refractivity contribution in [1.29, 1.82) is 0 Å². The van der Waals surface area contributed by atoms with Crippen molar-refractivity contribution in [2.45, 2.75) is 0 Å². The second-order valence-corrected chi connectivity index (χ2v) is 3.80. The predicted octanol–water partition coefficient (Wildman–Crippen LogP) is 0.422. The van der Waals surface area contributed by atoms with E-state index in [0.29, 0.717) is 11.1 Å². The Hall–Kier alpha value is -2.73. The Morgan fingerprint density at radius 3 is 2.78 bits per heavy atom. The van der Waals surface area contributed by atoms with Gasteiger partial charge in [-0.05, 0) is 30.2 Å². The summed E-state index contributed by atoms with van der Waals surface area (Å²) in [6.07, 6.45) is 3.21. The van der Waals surface area contributed by atoms with Gasteiger partial charge in [0.1, 0.15) is 5.69 Å². The molecule has 18 heavy (non-hydrogen) atoms. The van der Waals surface area contributed by atoms with Gasteiger partial charge >= 0.3 is 0 Å². The van der Waals surface area contributed by atoms with Crippen LogP contribution >= 0.6 is 0 Å². The fourth-order valence-electron chi connectivity index (χ4n) is 1.75. The van der Waals surface area contributed by atoms with E-state index in [4.69, 9.17) is 0 Å². The molecule has 0 spiro atoms. The van der Waals surface area contributed by atoms with Crippen molar-refractivity contribution < 1.29 is 4.79 Å². The van der Waals surface area contributed by atoms with E-state index in [0.717, 1.165) is 10.8 Å². The van der Waals surface area contributed by atoms with Crippen molar-refractivity contribution in [2.75, 3.05) is 0 Å². The molecule has 0 radical (unpaired) electrons. The van der Waals surface area contributed by atoms with Crippen LogP contribution in [0.15, 0.2) is 47.6 Å². The zero-order valence-corrected chi connectivity index (χ0v) is 9.42. The average Bonchev–Trinajstić information content (AvgIpc) is 2.78. The summed E-state index contributed by atoms with van der Waals surface area (Å²) in [4.78, 5) is 19.3. The number of hydrogen-bond acceptors (Lipinski definition) is 2. The van der Waals surface area contributed by atoms with Crippen LogP contribution in [-0.2, 0) is 4.79 Å². The van der Waals surface area contributed by atoms with E-state index in [-0.39, 0.29) is 5.91 Å². The van der Waals surface area contributed by atoms with Gasteiger partial charge in [0.05, 0.1) is 5.36 Å². The molecule has 3 heteroatoms. The molecule has 1 aromatic carbocycles. The van der Waals surface area contributed by atoms with Crippen molar-refractivity contribution in [1.82, 2.24) is 4.98 Å². The van der Waals surface area contributed by atoms with E-state index in [9.17, 15) is 4.79 Å². The number of carbonyl (C=O) groups excluding carboxylic acids is 1. The number of rotatable bonds is 0. The summed E-state index contributed by atoms with van der Waals surface area (Å²) < 4.78 is 0. The van der Waals surface area contributed by atoms with Crippen LogP contribution < -0.4 is 10.6 Å². The zero-order valence-electron chi connectivity index (χ0n) is 9.42. The molecular formula is C15H8N2O. The molecule has 0 fully saturated rings. The van der Waals surface area contributed by atoms with Gasteiger partial charge in [0, 0.05) is 23.1 Å². The van der Waals surface area contributed by atoms with Gasteiger partial charge in [0.25, 0.3) is 5.91 Å². The van der Waals surface area contributed by atoms with E-state index in [2.05, 4.69) is 21.8 Å². The summed E-state index contributed by atoms with van der Waals surface area (Å²) in [7, 11) is 0. The summed E-state index contributed by atoms with van der Waals surface area (Å²) >= 11 is 0. The Morgan fingerprint density at radius 1 is 1.00 bits per heavy atom. The summed E-state index contributed by atoms with van der Waals surface area (Å²) in [5.74, 6) is 5.77. The molecule has 2 heterocycles. The second kappa shape index (κ2) is 4.27. The smallest absolute Gasteiger partial charge is 0.267 e. The topological polar surface area (TPSA) is 42.3 Å². The van der Waals surface area contributed by atoms with Crippen LogP contribution in [0.2, 0.25) is 0 Å². The van der Waals surface area contributed by atoms with E-state index >= 15 is 0 Å². The van der Waals surface area contributed by atoms with Crippen LogP contribution in [0.5, 0.6) is 0 Å². The quantitative estimate of drug-likeness (QED) is 0.618. The Labute approximate surface area is 104 Å². The minimum absolute atomic E-state index is 0.225. The fraction of sp³-hybridized carbons (Fsp3) is 0. The summed E-state index contributed by atoms with van der Waals surface area (Å²) in [5, 5.41) is 1.48. The van der Waals surface area contributed by atoms with Gasteiger partial charge in [-0.3, -0.25) is 4.79 Å². The van der Waals surface area contributed by atoms with Crippen molar-refractivity contribution in [2.24, 2.45) is 4.99 Å². The van der Waals surface area contributed by atoms with E-state index in [1.54, 1.807) is 6.20 Å². The molecule has 0 N–H and O–H groups in total. The monoisotopic (exact) mass is 232 g/mol. The molecule has 3 rings (SSSR count). The molecular weight excluding hydrogens is 224 g/mol. The number of amides is 1. The molecule has 0 saturated heterocycles. The molecule has 1 aromatic heterocycles. The Bertz CT molecular complexity index is 796. The lowest BCUT2D eigenvalue weighted by molar-refractivity contribution is -0.112. The number of benzene rings is 1. The number of carbonyl (C=O) groups is 1. The maximum atomic E-state index is 11.2. The lowest BCUT2D eigenvalue weighted by Crippen LogP contribution is -2.24. The third kappa shape index (κ3) is 1.92. The highest BCUT2D eigenvalue weighted by Gasteiger charge is 2.05. The highest BCUT2D eigenvalue weighted by atomic mass is 16.1. The number of hydrogen-bond donors (Lipinski definition) is 0. The molecule has 1 amide bonds. The lowest BCUT2D eigenvalue weighted by atomic mass is 10.1. The Kier molecular flexibility index (Phi) is 2.47. The summed E-state index contributed by atoms with van der Waals surface area (Å²) in [5.41, 5.74) is 1.50. The van der Waals surface area contributed by atoms with Crippen molar-refractivity contribution in [3.63, 3.8) is 0 Å². The highest BCUT2D eigenvalue weighted by molar-refractivity contribution is 6.06. The molecule has 0 saturated carbocycles. The Morgan fingerprint density at radius 2 is 1.94 bits per heavy atom. The standard InChI is InChI=1S/C15H8N2O/c18-15-10-13-11(4-3-6-14(13)17-15)7-8-12-5-1-2-9-16-12/h1-6,9-10H. The van der Waals surface area contributed by atoms with E-state index in [1.165, 1.54) is 6.08 Å². The third-order valence-electron chi connectivity index (χ3n) is 2.57. The van der Waals surface area contributed by atoms with E-state index < -0.39 is 0 Å². The molecule has 0 unspecified atom stereocenters. The molecule has 84 valence electrons. The molecule has 0 atom stereocenters. The number of pyridine rings is 1. The van der Waals surface area contributed by atoms with Gasteiger partial charge in [-0.25, -0.2) is 9.98 Å². The van der Waals surface area contributed by atoms with Gasteiger partial charge in [0.15, 0.2) is 0 Å². The van der Waals surface area contributed by atoms with E-state index in [1.807, 2.05) is 36.4 Å². The first kappa shape index (κ1) is 10.4. The van der Waals surface area contributed by atoms with Crippen LogP contribution in [0.4, 0.5) is 0 Å². The van der Waals surface area contributed by atoms with Gasteiger partial charge in [-0.1, -0.05) is 18.1 Å². The minimum atomic E-state index is -0.225. The Balaban J connectivity index is 2.11. The van der Waals surface area contributed by atoms with Gasteiger partial charge in [0.2, 0.25) is 0 Å². The fourth-order valence-corrected chi connectivity index (χ4v) is 1.75. The SMILES string of the molecule is O=C1C=c2c(C#Cc3ccccn3)cccc2=N1. The second-order valence-electron chi connectivity index (χ2n) is 3.80. The van der Waals surface area contributed by atoms with Gasteiger partial charge in [-0.2, -0.15) is 0 Å². The van der Waals surface area contributed by atoms with Crippen LogP contribution in [0.1, 0.15) is 11.3 Å². The zero-order chi connectivity index (χ0) is 12.4. The molecule has 0 bridgehead atoms. The molecule has 1 aliphatic heterocycles. The normalized spacial score (nSPS) is 11.9. The van der Waals surface area contributed by atoms with Crippen molar-refractivity contribution >= 4 is 12.0 Å².